The molecule has 1 aliphatic carbocycles. The highest BCUT2D eigenvalue weighted by Gasteiger charge is 2.39. The normalized spacial score (nSPS) is 21.0. The van der Waals surface area contributed by atoms with E-state index < -0.39 is 0 Å². The molecule has 1 amide bonds. The van der Waals surface area contributed by atoms with Gasteiger partial charge >= 0.3 is 0 Å². The third-order valence-electron chi connectivity index (χ3n) is 4.36. The van der Waals surface area contributed by atoms with Gasteiger partial charge in [-0.2, -0.15) is 0 Å². The highest BCUT2D eigenvalue weighted by atomic mass is 32.1. The first-order valence-corrected chi connectivity index (χ1v) is 8.13. The van der Waals surface area contributed by atoms with Crippen molar-refractivity contribution in [3.8, 4) is 0 Å². The fraction of sp³-hybridized carbons (Fsp3) is 0.611. The van der Waals surface area contributed by atoms with E-state index in [1.165, 1.54) is 6.42 Å². The van der Waals surface area contributed by atoms with Crippen molar-refractivity contribution in [2.75, 3.05) is 0 Å². The molecule has 2 nitrogen and oxygen atoms in total. The molecule has 0 aliphatic heterocycles. The topological polar surface area (TPSA) is 29.1 Å². The van der Waals surface area contributed by atoms with E-state index in [9.17, 15) is 4.79 Å². The molecule has 1 fully saturated rings. The molecule has 1 aromatic carbocycles. The summed E-state index contributed by atoms with van der Waals surface area (Å²) in [5.41, 5.74) is 2.30. The van der Waals surface area contributed by atoms with E-state index in [2.05, 4.69) is 45.6 Å². The third-order valence-corrected chi connectivity index (χ3v) is 4.63. The molecule has 21 heavy (non-hydrogen) atoms. The minimum absolute atomic E-state index is 0.0295. The molecule has 0 saturated heterocycles. The predicted molar refractivity (Wildman–Crippen MR) is 91.1 cm³/mol. The van der Waals surface area contributed by atoms with E-state index in [4.69, 9.17) is 0 Å². The minimum Gasteiger partial charge on any atom is -0.349 e. The van der Waals surface area contributed by atoms with Crippen molar-refractivity contribution in [3.63, 3.8) is 0 Å². The van der Waals surface area contributed by atoms with Crippen LogP contribution in [0.4, 0.5) is 0 Å². The van der Waals surface area contributed by atoms with Gasteiger partial charge in [0.05, 0.1) is 0 Å². The summed E-state index contributed by atoms with van der Waals surface area (Å²) in [6, 6.07) is 5.97. The van der Waals surface area contributed by atoms with Gasteiger partial charge in [-0.3, -0.25) is 4.79 Å². The molecule has 0 atom stereocenters. The number of hydrogen-bond acceptors (Lipinski definition) is 2. The molecule has 1 N–H and O–H groups in total. The Balaban J connectivity index is 2.14. The zero-order chi connectivity index (χ0) is 15.8. The average molecular weight is 305 g/mol. The highest BCUT2D eigenvalue weighted by Crippen LogP contribution is 2.45. The van der Waals surface area contributed by atoms with E-state index >= 15 is 0 Å². The zero-order valence-corrected chi connectivity index (χ0v) is 14.7. The molecule has 0 bridgehead atoms. The SMILES string of the molecule is Cc1ccc(S)cc1C(=O)NC1CC(C)(C)CC(C)(C)C1. The van der Waals surface area contributed by atoms with Crippen LogP contribution in [0.2, 0.25) is 0 Å². The first kappa shape index (κ1) is 16.4. The fourth-order valence-electron chi connectivity index (χ4n) is 4.07. The molecule has 2 rings (SSSR count). The van der Waals surface area contributed by atoms with E-state index in [0.717, 1.165) is 28.9 Å². The van der Waals surface area contributed by atoms with Crippen LogP contribution in [0.3, 0.4) is 0 Å². The molecule has 0 spiro atoms. The maximum atomic E-state index is 12.6. The van der Waals surface area contributed by atoms with Gasteiger partial charge in [-0.25, -0.2) is 0 Å². The van der Waals surface area contributed by atoms with Crippen molar-refractivity contribution >= 4 is 18.5 Å². The van der Waals surface area contributed by atoms with E-state index in [1.54, 1.807) is 0 Å². The van der Waals surface area contributed by atoms with Gasteiger partial charge in [0.25, 0.3) is 5.91 Å². The van der Waals surface area contributed by atoms with Gasteiger partial charge < -0.3 is 5.32 Å². The molecule has 0 unspecified atom stereocenters. The Kier molecular flexibility index (Phi) is 4.44. The van der Waals surface area contributed by atoms with E-state index in [0.29, 0.717) is 0 Å². The van der Waals surface area contributed by atoms with Gasteiger partial charge in [0.2, 0.25) is 0 Å². The summed E-state index contributed by atoms with van der Waals surface area (Å²) in [5.74, 6) is 0.0295. The van der Waals surface area contributed by atoms with Crippen molar-refractivity contribution in [2.24, 2.45) is 10.8 Å². The summed E-state index contributed by atoms with van der Waals surface area (Å²) in [7, 11) is 0. The molecule has 0 heterocycles. The number of aryl methyl sites for hydroxylation is 1. The highest BCUT2D eigenvalue weighted by molar-refractivity contribution is 7.80. The molecular formula is C18H27NOS. The largest absolute Gasteiger partial charge is 0.349 e. The van der Waals surface area contributed by atoms with Crippen LogP contribution < -0.4 is 5.32 Å². The first-order chi connectivity index (χ1) is 9.58. The van der Waals surface area contributed by atoms with E-state index in [1.807, 2.05) is 25.1 Å². The Bertz CT molecular complexity index is 532. The van der Waals surface area contributed by atoms with Crippen molar-refractivity contribution in [1.29, 1.82) is 0 Å². The number of thiol groups is 1. The first-order valence-electron chi connectivity index (χ1n) is 7.69. The van der Waals surface area contributed by atoms with Gasteiger partial charge in [0.1, 0.15) is 0 Å². The monoisotopic (exact) mass is 305 g/mol. The Morgan fingerprint density at radius 1 is 1.19 bits per heavy atom. The lowest BCUT2D eigenvalue weighted by atomic mass is 9.63. The summed E-state index contributed by atoms with van der Waals surface area (Å²) in [6.45, 7) is 11.2. The number of carbonyl (C=O) groups is 1. The Hall–Kier alpha value is -0.960. The molecule has 116 valence electrons. The number of carbonyl (C=O) groups excluding carboxylic acids is 1. The zero-order valence-electron chi connectivity index (χ0n) is 13.8. The lowest BCUT2D eigenvalue weighted by Crippen LogP contribution is -2.46. The lowest BCUT2D eigenvalue weighted by molar-refractivity contribution is 0.0713. The Morgan fingerprint density at radius 2 is 1.76 bits per heavy atom. The maximum absolute atomic E-state index is 12.6. The van der Waals surface area contributed by atoms with Gasteiger partial charge in [-0.05, 0) is 54.7 Å². The molecule has 1 aliphatic rings. The van der Waals surface area contributed by atoms with Gasteiger partial charge in [-0.15, -0.1) is 12.6 Å². The summed E-state index contributed by atoms with van der Waals surface area (Å²) in [5, 5.41) is 3.24. The number of benzene rings is 1. The third kappa shape index (κ3) is 4.26. The molecule has 0 aromatic heterocycles. The summed E-state index contributed by atoms with van der Waals surface area (Å²) < 4.78 is 0. The quantitative estimate of drug-likeness (QED) is 0.767. The lowest BCUT2D eigenvalue weighted by Gasteiger charge is -2.45. The van der Waals surface area contributed by atoms with Crippen molar-refractivity contribution in [1.82, 2.24) is 5.32 Å². The van der Waals surface area contributed by atoms with Crippen LogP contribution in [0.5, 0.6) is 0 Å². The van der Waals surface area contributed by atoms with Crippen molar-refractivity contribution in [3.05, 3.63) is 29.3 Å². The second kappa shape index (κ2) is 5.68. The fourth-order valence-corrected chi connectivity index (χ4v) is 4.27. The van der Waals surface area contributed by atoms with Crippen LogP contribution in [0.15, 0.2) is 23.1 Å². The molecule has 1 saturated carbocycles. The second-order valence-electron chi connectivity index (χ2n) is 8.08. The van der Waals surface area contributed by atoms with Crippen LogP contribution in [0.25, 0.3) is 0 Å². The van der Waals surface area contributed by atoms with Crippen LogP contribution in [-0.4, -0.2) is 11.9 Å². The smallest absolute Gasteiger partial charge is 0.251 e. The number of rotatable bonds is 2. The van der Waals surface area contributed by atoms with Gasteiger partial charge in [0, 0.05) is 16.5 Å². The average Bonchev–Trinajstić information content (AvgIpc) is 2.27. The molecule has 3 heteroatoms. The predicted octanol–water partition coefficient (Wildman–Crippen LogP) is 4.62. The van der Waals surface area contributed by atoms with Crippen molar-refractivity contribution < 1.29 is 4.79 Å². The minimum atomic E-state index is 0.0295. The van der Waals surface area contributed by atoms with Crippen LogP contribution in [0.1, 0.15) is 62.9 Å². The summed E-state index contributed by atoms with van der Waals surface area (Å²) >= 11 is 4.34. The number of hydrogen-bond donors (Lipinski definition) is 2. The summed E-state index contributed by atoms with van der Waals surface area (Å²) in [6.07, 6.45) is 3.29. The Morgan fingerprint density at radius 3 is 2.33 bits per heavy atom. The van der Waals surface area contributed by atoms with Gasteiger partial charge in [0.15, 0.2) is 0 Å². The van der Waals surface area contributed by atoms with Crippen molar-refractivity contribution in [2.45, 2.75) is 64.8 Å². The Labute approximate surface area is 134 Å². The molecule has 1 aromatic rings. The van der Waals surface area contributed by atoms with Crippen LogP contribution in [-0.2, 0) is 0 Å². The summed E-state index contributed by atoms with van der Waals surface area (Å²) in [4.78, 5) is 13.4. The standard InChI is InChI=1S/C18H27NOS/c1-12-6-7-14(21)8-15(12)16(20)19-13-9-17(2,3)11-18(4,5)10-13/h6-8,13,21H,9-11H2,1-5H3,(H,19,20). The maximum Gasteiger partial charge on any atom is 0.251 e. The molecule has 0 radical (unpaired) electrons. The van der Waals surface area contributed by atoms with Crippen LogP contribution >= 0.6 is 12.6 Å². The number of amides is 1. The van der Waals surface area contributed by atoms with E-state index in [-0.39, 0.29) is 22.8 Å². The van der Waals surface area contributed by atoms with Gasteiger partial charge in [-0.1, -0.05) is 33.8 Å². The second-order valence-corrected chi connectivity index (χ2v) is 8.60. The van der Waals surface area contributed by atoms with Crippen LogP contribution in [0, 0.1) is 17.8 Å². The molecular weight excluding hydrogens is 278 g/mol. The number of nitrogens with one attached hydrogen (secondary N) is 1.